The van der Waals surface area contributed by atoms with Crippen LogP contribution in [0.1, 0.15) is 39.8 Å². The third-order valence-electron chi connectivity index (χ3n) is 4.82. The molecule has 1 aliphatic rings. The molecule has 2 N–H and O–H groups in total. The molecule has 0 radical (unpaired) electrons. The first-order chi connectivity index (χ1) is 9.93. The van der Waals surface area contributed by atoms with Gasteiger partial charge in [0.15, 0.2) is 5.96 Å². The van der Waals surface area contributed by atoms with Gasteiger partial charge < -0.3 is 19.9 Å². The zero-order chi connectivity index (χ0) is 15.5. The van der Waals surface area contributed by atoms with Crippen molar-refractivity contribution >= 4 is 5.96 Å². The molecule has 21 heavy (non-hydrogen) atoms. The SMILES string of the molecule is CCNC(=NCc1ccon1)NC1CC(C)(OC)C1(C)C. The Morgan fingerprint density at radius 2 is 2.29 bits per heavy atom. The highest BCUT2D eigenvalue weighted by Gasteiger charge is 2.58. The van der Waals surface area contributed by atoms with E-state index in [1.54, 1.807) is 13.4 Å². The van der Waals surface area contributed by atoms with Gasteiger partial charge in [-0.1, -0.05) is 19.0 Å². The van der Waals surface area contributed by atoms with Crippen molar-refractivity contribution in [1.82, 2.24) is 15.8 Å². The van der Waals surface area contributed by atoms with Crippen LogP contribution in [0, 0.1) is 5.41 Å². The molecule has 2 rings (SSSR count). The molecule has 0 bridgehead atoms. The molecule has 0 saturated heterocycles. The Labute approximate surface area is 126 Å². The van der Waals surface area contributed by atoms with E-state index in [2.05, 4.69) is 48.5 Å². The number of hydrogen-bond donors (Lipinski definition) is 2. The fourth-order valence-corrected chi connectivity index (χ4v) is 2.69. The van der Waals surface area contributed by atoms with E-state index in [-0.39, 0.29) is 11.0 Å². The van der Waals surface area contributed by atoms with Gasteiger partial charge in [0.2, 0.25) is 0 Å². The van der Waals surface area contributed by atoms with E-state index in [0.29, 0.717) is 12.6 Å². The van der Waals surface area contributed by atoms with E-state index in [1.165, 1.54) is 0 Å². The number of aliphatic imine (C=N–C) groups is 1. The summed E-state index contributed by atoms with van der Waals surface area (Å²) in [5, 5.41) is 10.6. The molecular weight excluding hydrogens is 268 g/mol. The summed E-state index contributed by atoms with van der Waals surface area (Å²) in [5.41, 5.74) is 0.779. The summed E-state index contributed by atoms with van der Waals surface area (Å²) in [7, 11) is 1.78. The highest BCUT2D eigenvalue weighted by molar-refractivity contribution is 5.80. The summed E-state index contributed by atoms with van der Waals surface area (Å²) in [5.74, 6) is 0.803. The van der Waals surface area contributed by atoms with Crippen molar-refractivity contribution in [2.45, 2.75) is 52.3 Å². The molecule has 0 spiro atoms. The van der Waals surface area contributed by atoms with Crippen molar-refractivity contribution in [2.24, 2.45) is 10.4 Å². The van der Waals surface area contributed by atoms with E-state index in [4.69, 9.17) is 9.26 Å². The second-order valence-electron chi connectivity index (χ2n) is 6.24. The van der Waals surface area contributed by atoms with Gasteiger partial charge in [-0.2, -0.15) is 0 Å². The van der Waals surface area contributed by atoms with Crippen LogP contribution in [0.25, 0.3) is 0 Å². The molecule has 2 atom stereocenters. The van der Waals surface area contributed by atoms with Gasteiger partial charge in [-0.3, -0.25) is 0 Å². The quantitative estimate of drug-likeness (QED) is 0.641. The Hall–Kier alpha value is -1.56. The molecule has 0 aliphatic heterocycles. The van der Waals surface area contributed by atoms with Crippen LogP contribution in [0.2, 0.25) is 0 Å². The van der Waals surface area contributed by atoms with Crippen molar-refractivity contribution in [3.05, 3.63) is 18.0 Å². The summed E-state index contributed by atoms with van der Waals surface area (Å²) in [6.45, 7) is 9.97. The maximum absolute atomic E-state index is 5.66. The monoisotopic (exact) mass is 294 g/mol. The molecule has 2 unspecified atom stereocenters. The molecule has 118 valence electrons. The normalized spacial score (nSPS) is 28.0. The number of hydrogen-bond acceptors (Lipinski definition) is 4. The van der Waals surface area contributed by atoms with E-state index in [1.807, 2.05) is 6.07 Å². The number of methoxy groups -OCH3 is 1. The minimum absolute atomic E-state index is 0.0475. The van der Waals surface area contributed by atoms with Crippen LogP contribution in [-0.4, -0.2) is 36.4 Å². The smallest absolute Gasteiger partial charge is 0.191 e. The van der Waals surface area contributed by atoms with Crippen LogP contribution < -0.4 is 10.6 Å². The number of rotatable bonds is 5. The van der Waals surface area contributed by atoms with Gasteiger partial charge in [0.25, 0.3) is 0 Å². The minimum atomic E-state index is -0.0892. The van der Waals surface area contributed by atoms with Crippen LogP contribution in [0.15, 0.2) is 21.8 Å². The van der Waals surface area contributed by atoms with E-state index >= 15 is 0 Å². The van der Waals surface area contributed by atoms with Gasteiger partial charge in [0.1, 0.15) is 12.0 Å². The van der Waals surface area contributed by atoms with Crippen LogP contribution in [0.4, 0.5) is 0 Å². The maximum atomic E-state index is 5.66. The highest BCUT2D eigenvalue weighted by Crippen LogP contribution is 2.51. The zero-order valence-corrected chi connectivity index (χ0v) is 13.6. The second-order valence-corrected chi connectivity index (χ2v) is 6.24. The molecule has 1 aromatic heterocycles. The van der Waals surface area contributed by atoms with Crippen LogP contribution in [0.3, 0.4) is 0 Å². The van der Waals surface area contributed by atoms with Crippen molar-refractivity contribution in [3.63, 3.8) is 0 Å². The number of nitrogens with zero attached hydrogens (tertiary/aromatic N) is 2. The summed E-state index contributed by atoms with van der Waals surface area (Å²) < 4.78 is 10.5. The number of aromatic nitrogens is 1. The first-order valence-corrected chi connectivity index (χ1v) is 7.42. The van der Waals surface area contributed by atoms with Gasteiger partial charge in [-0.15, -0.1) is 0 Å². The Balaban J connectivity index is 1.99. The van der Waals surface area contributed by atoms with Crippen LogP contribution in [-0.2, 0) is 11.3 Å². The lowest BCUT2D eigenvalue weighted by Gasteiger charge is -2.59. The molecule has 0 aromatic carbocycles. The Morgan fingerprint density at radius 1 is 1.52 bits per heavy atom. The topological polar surface area (TPSA) is 71.7 Å². The molecule has 6 nitrogen and oxygen atoms in total. The lowest BCUT2D eigenvalue weighted by atomic mass is 9.56. The van der Waals surface area contributed by atoms with Crippen molar-refractivity contribution < 1.29 is 9.26 Å². The van der Waals surface area contributed by atoms with E-state index in [0.717, 1.165) is 24.6 Å². The minimum Gasteiger partial charge on any atom is -0.378 e. The summed E-state index contributed by atoms with van der Waals surface area (Å²) in [4.78, 5) is 4.55. The first kappa shape index (κ1) is 15.8. The molecule has 6 heteroatoms. The van der Waals surface area contributed by atoms with Crippen molar-refractivity contribution in [1.29, 1.82) is 0 Å². The predicted molar refractivity (Wildman–Crippen MR) is 82.1 cm³/mol. The molecule has 0 amide bonds. The average molecular weight is 294 g/mol. The third-order valence-corrected chi connectivity index (χ3v) is 4.82. The second kappa shape index (κ2) is 6.05. The van der Waals surface area contributed by atoms with Crippen molar-refractivity contribution in [3.8, 4) is 0 Å². The fraction of sp³-hybridized carbons (Fsp3) is 0.733. The molecular formula is C15H26N4O2. The van der Waals surface area contributed by atoms with Crippen molar-refractivity contribution in [2.75, 3.05) is 13.7 Å². The number of guanidine groups is 1. The molecule has 1 aliphatic carbocycles. The summed E-state index contributed by atoms with van der Waals surface area (Å²) in [6.07, 6.45) is 2.52. The van der Waals surface area contributed by atoms with Gasteiger partial charge in [-0.25, -0.2) is 4.99 Å². The van der Waals surface area contributed by atoms with E-state index < -0.39 is 0 Å². The van der Waals surface area contributed by atoms with Crippen LogP contribution >= 0.6 is 0 Å². The fourth-order valence-electron chi connectivity index (χ4n) is 2.69. The predicted octanol–water partition coefficient (Wildman–Crippen LogP) is 1.93. The lowest BCUT2D eigenvalue weighted by molar-refractivity contribution is -0.176. The maximum Gasteiger partial charge on any atom is 0.191 e. The molecule has 1 fully saturated rings. The first-order valence-electron chi connectivity index (χ1n) is 7.42. The zero-order valence-electron chi connectivity index (χ0n) is 13.6. The Bertz CT molecular complexity index is 484. The highest BCUT2D eigenvalue weighted by atomic mass is 16.5. The number of nitrogens with one attached hydrogen (secondary N) is 2. The molecule has 1 saturated carbocycles. The summed E-state index contributed by atoms with van der Waals surface area (Å²) in [6, 6.07) is 2.15. The lowest BCUT2D eigenvalue weighted by Crippen LogP contribution is -2.69. The Morgan fingerprint density at radius 3 is 2.81 bits per heavy atom. The van der Waals surface area contributed by atoms with Crippen LogP contribution in [0.5, 0.6) is 0 Å². The molecule has 1 aromatic rings. The summed E-state index contributed by atoms with van der Waals surface area (Å²) >= 11 is 0. The van der Waals surface area contributed by atoms with Gasteiger partial charge in [0, 0.05) is 31.2 Å². The van der Waals surface area contributed by atoms with Gasteiger partial charge >= 0.3 is 0 Å². The average Bonchev–Trinajstić information content (AvgIpc) is 2.97. The third kappa shape index (κ3) is 3.05. The number of ether oxygens (including phenoxy) is 1. The van der Waals surface area contributed by atoms with Gasteiger partial charge in [-0.05, 0) is 20.3 Å². The van der Waals surface area contributed by atoms with E-state index in [9.17, 15) is 0 Å². The molecule has 1 heterocycles. The Kier molecular flexibility index (Phi) is 4.56. The van der Waals surface area contributed by atoms with Gasteiger partial charge in [0.05, 0.1) is 12.1 Å². The largest absolute Gasteiger partial charge is 0.378 e. The standard InChI is InChI=1S/C15H26N4O2/c1-6-16-13(17-10-11-7-8-21-19-11)18-12-9-15(4,20-5)14(12,2)3/h7-8,12H,6,9-10H2,1-5H3,(H2,16,17,18).